The van der Waals surface area contributed by atoms with Crippen molar-refractivity contribution < 1.29 is 9.53 Å². The number of hydrogen-bond donors (Lipinski definition) is 3. The lowest BCUT2D eigenvalue weighted by molar-refractivity contribution is 0.0954. The van der Waals surface area contributed by atoms with Gasteiger partial charge in [-0.2, -0.15) is 11.8 Å². The summed E-state index contributed by atoms with van der Waals surface area (Å²) in [5.41, 5.74) is 0.589. The predicted molar refractivity (Wildman–Crippen MR) is 102 cm³/mol. The van der Waals surface area contributed by atoms with Crippen molar-refractivity contribution in [3.05, 3.63) is 29.8 Å². The van der Waals surface area contributed by atoms with Crippen molar-refractivity contribution in [2.75, 3.05) is 45.8 Å². The first-order valence-corrected chi connectivity index (χ1v) is 9.46. The largest absolute Gasteiger partial charge is 0.497 e. The molecule has 0 aliphatic carbocycles. The number of unbranched alkanes of at least 4 members (excludes halogenated alkanes) is 1. The maximum absolute atomic E-state index is 12.1. The van der Waals surface area contributed by atoms with Crippen LogP contribution in [0.25, 0.3) is 0 Å². The summed E-state index contributed by atoms with van der Waals surface area (Å²) < 4.78 is 5.12. The van der Waals surface area contributed by atoms with E-state index in [1.54, 1.807) is 32.4 Å². The van der Waals surface area contributed by atoms with Crippen molar-refractivity contribution in [1.82, 2.24) is 16.0 Å². The molecule has 0 saturated heterocycles. The zero-order valence-corrected chi connectivity index (χ0v) is 15.5. The molecule has 0 spiro atoms. The molecular weight excluding hydrogens is 324 g/mol. The number of nitrogens with one attached hydrogen (secondary N) is 3. The number of ether oxygens (including phenoxy) is 1. The van der Waals surface area contributed by atoms with Crippen LogP contribution < -0.4 is 20.7 Å². The molecule has 6 nitrogen and oxygen atoms in total. The molecule has 1 rings (SSSR count). The lowest BCUT2D eigenvalue weighted by Crippen LogP contribution is -2.41. The summed E-state index contributed by atoms with van der Waals surface area (Å²) in [4.78, 5) is 16.2. The fraction of sp³-hybridized carbons (Fsp3) is 0.529. The smallest absolute Gasteiger partial charge is 0.251 e. The van der Waals surface area contributed by atoms with Crippen LogP contribution in [0, 0.1) is 0 Å². The molecule has 3 N–H and O–H groups in total. The van der Waals surface area contributed by atoms with Crippen LogP contribution in [0.5, 0.6) is 5.75 Å². The van der Waals surface area contributed by atoms with Gasteiger partial charge in [0.2, 0.25) is 0 Å². The van der Waals surface area contributed by atoms with Crippen LogP contribution in [0.4, 0.5) is 0 Å². The number of hydrogen-bond acceptors (Lipinski definition) is 4. The minimum atomic E-state index is -0.115. The van der Waals surface area contributed by atoms with Crippen LogP contribution in [-0.2, 0) is 0 Å². The van der Waals surface area contributed by atoms with Gasteiger partial charge in [0.1, 0.15) is 5.75 Å². The Morgan fingerprint density at radius 1 is 1.17 bits per heavy atom. The van der Waals surface area contributed by atoms with Gasteiger partial charge in [0, 0.05) is 32.2 Å². The maximum Gasteiger partial charge on any atom is 0.251 e. The van der Waals surface area contributed by atoms with Crippen LogP contribution >= 0.6 is 11.8 Å². The molecule has 0 atom stereocenters. The van der Waals surface area contributed by atoms with Crippen LogP contribution in [0.3, 0.4) is 0 Å². The van der Waals surface area contributed by atoms with Crippen LogP contribution in [0.1, 0.15) is 23.2 Å². The highest BCUT2D eigenvalue weighted by molar-refractivity contribution is 7.98. The highest BCUT2D eigenvalue weighted by atomic mass is 32.2. The normalized spacial score (nSPS) is 11.0. The molecule has 0 aromatic heterocycles. The van der Waals surface area contributed by atoms with Crippen LogP contribution in [0.2, 0.25) is 0 Å². The van der Waals surface area contributed by atoms with E-state index in [0.29, 0.717) is 24.4 Å². The number of carbonyl (C=O) groups excluding carboxylic acids is 1. The van der Waals surface area contributed by atoms with E-state index >= 15 is 0 Å². The SMILES string of the molecule is CN=C(NCCCCSC)NCCNC(=O)c1cccc(OC)c1. The van der Waals surface area contributed by atoms with E-state index in [-0.39, 0.29) is 5.91 Å². The summed E-state index contributed by atoms with van der Waals surface area (Å²) in [6.45, 7) is 2.03. The number of aliphatic imine (C=N–C) groups is 1. The molecule has 0 radical (unpaired) electrons. The second-order valence-electron chi connectivity index (χ2n) is 5.11. The highest BCUT2D eigenvalue weighted by Gasteiger charge is 2.05. The Kier molecular flexibility index (Phi) is 10.5. The Balaban J connectivity index is 2.22. The quantitative estimate of drug-likeness (QED) is 0.340. The van der Waals surface area contributed by atoms with Gasteiger partial charge in [-0.1, -0.05) is 6.07 Å². The molecule has 7 heteroatoms. The molecule has 1 aromatic rings. The zero-order chi connectivity index (χ0) is 17.6. The van der Waals surface area contributed by atoms with Crippen molar-refractivity contribution in [3.63, 3.8) is 0 Å². The predicted octanol–water partition coefficient (Wildman–Crippen LogP) is 1.73. The molecule has 24 heavy (non-hydrogen) atoms. The Morgan fingerprint density at radius 2 is 1.92 bits per heavy atom. The lowest BCUT2D eigenvalue weighted by Gasteiger charge is -2.12. The standard InChI is InChI=1S/C17H28N4O2S/c1-18-17(20-9-4-5-12-24-3)21-11-10-19-16(22)14-7-6-8-15(13-14)23-2/h6-8,13H,4-5,9-12H2,1-3H3,(H,19,22)(H2,18,20,21). The van der Waals surface area contributed by atoms with Crippen molar-refractivity contribution >= 4 is 23.6 Å². The average Bonchev–Trinajstić information content (AvgIpc) is 2.63. The van der Waals surface area contributed by atoms with Crippen molar-refractivity contribution in [2.24, 2.45) is 4.99 Å². The van der Waals surface area contributed by atoms with Gasteiger partial charge >= 0.3 is 0 Å². The van der Waals surface area contributed by atoms with E-state index in [1.807, 2.05) is 17.8 Å². The fourth-order valence-electron chi connectivity index (χ4n) is 2.02. The number of thioether (sulfide) groups is 1. The first-order chi connectivity index (χ1) is 11.7. The van der Waals surface area contributed by atoms with Gasteiger partial charge < -0.3 is 20.7 Å². The van der Waals surface area contributed by atoms with Crippen molar-refractivity contribution in [1.29, 1.82) is 0 Å². The average molecular weight is 353 g/mol. The number of amides is 1. The Hall–Kier alpha value is -1.89. The van der Waals surface area contributed by atoms with Gasteiger partial charge in [0.25, 0.3) is 5.91 Å². The topological polar surface area (TPSA) is 74.8 Å². The lowest BCUT2D eigenvalue weighted by atomic mass is 10.2. The fourth-order valence-corrected chi connectivity index (χ4v) is 2.51. The number of methoxy groups -OCH3 is 1. The molecular formula is C17H28N4O2S. The van der Waals surface area contributed by atoms with Crippen molar-refractivity contribution in [3.8, 4) is 5.75 Å². The molecule has 134 valence electrons. The third kappa shape index (κ3) is 8.10. The Labute approximate surface area is 148 Å². The van der Waals surface area contributed by atoms with Crippen molar-refractivity contribution in [2.45, 2.75) is 12.8 Å². The van der Waals surface area contributed by atoms with E-state index in [9.17, 15) is 4.79 Å². The zero-order valence-electron chi connectivity index (χ0n) is 14.7. The monoisotopic (exact) mass is 352 g/mol. The third-order valence-electron chi connectivity index (χ3n) is 3.33. The summed E-state index contributed by atoms with van der Waals surface area (Å²) in [5, 5.41) is 9.32. The van der Waals surface area contributed by atoms with Gasteiger partial charge in [0.15, 0.2) is 5.96 Å². The molecule has 0 fully saturated rings. The van der Waals surface area contributed by atoms with Gasteiger partial charge in [-0.15, -0.1) is 0 Å². The van der Waals surface area contributed by atoms with Crippen LogP contribution in [0.15, 0.2) is 29.3 Å². The van der Waals surface area contributed by atoms with Gasteiger partial charge in [-0.3, -0.25) is 9.79 Å². The molecule has 0 unspecified atom stereocenters. The van der Waals surface area contributed by atoms with E-state index in [2.05, 4.69) is 27.2 Å². The summed E-state index contributed by atoms with van der Waals surface area (Å²) in [6.07, 6.45) is 4.43. The van der Waals surface area contributed by atoms with E-state index < -0.39 is 0 Å². The third-order valence-corrected chi connectivity index (χ3v) is 4.02. The van der Waals surface area contributed by atoms with Gasteiger partial charge in [-0.05, 0) is 43.0 Å². The molecule has 0 saturated carbocycles. The highest BCUT2D eigenvalue weighted by Crippen LogP contribution is 2.12. The summed E-state index contributed by atoms with van der Waals surface area (Å²) in [5.74, 6) is 2.50. The second-order valence-corrected chi connectivity index (χ2v) is 6.10. The minimum absolute atomic E-state index is 0.115. The second kappa shape index (κ2) is 12.5. The number of guanidine groups is 1. The summed E-state index contributed by atoms with van der Waals surface area (Å²) in [7, 11) is 3.33. The summed E-state index contributed by atoms with van der Waals surface area (Å²) >= 11 is 1.86. The van der Waals surface area contributed by atoms with E-state index in [0.717, 1.165) is 18.9 Å². The maximum atomic E-state index is 12.1. The number of carbonyl (C=O) groups is 1. The summed E-state index contributed by atoms with van der Waals surface area (Å²) in [6, 6.07) is 7.10. The first kappa shape index (κ1) is 20.2. The molecule has 0 bridgehead atoms. The van der Waals surface area contributed by atoms with Gasteiger partial charge in [-0.25, -0.2) is 0 Å². The minimum Gasteiger partial charge on any atom is -0.497 e. The first-order valence-electron chi connectivity index (χ1n) is 8.07. The Morgan fingerprint density at radius 3 is 2.62 bits per heavy atom. The molecule has 1 amide bonds. The number of benzene rings is 1. The van der Waals surface area contributed by atoms with E-state index in [4.69, 9.17) is 4.74 Å². The number of nitrogens with zero attached hydrogens (tertiary/aromatic N) is 1. The molecule has 0 heterocycles. The number of rotatable bonds is 10. The Bertz CT molecular complexity index is 523. The van der Waals surface area contributed by atoms with Crippen LogP contribution in [-0.4, -0.2) is 57.7 Å². The molecule has 0 aliphatic rings. The molecule has 0 aliphatic heterocycles. The van der Waals surface area contributed by atoms with Gasteiger partial charge in [0.05, 0.1) is 7.11 Å². The molecule has 1 aromatic carbocycles. The van der Waals surface area contributed by atoms with E-state index in [1.165, 1.54) is 12.2 Å².